The van der Waals surface area contributed by atoms with Gasteiger partial charge in [0.15, 0.2) is 0 Å². The number of hydrogen-bond donors (Lipinski definition) is 1. The highest BCUT2D eigenvalue weighted by Gasteiger charge is 2.34. The van der Waals surface area contributed by atoms with Crippen molar-refractivity contribution in [1.29, 1.82) is 0 Å². The number of carbonyl (C=O) groups is 2. The Morgan fingerprint density at radius 2 is 1.96 bits per heavy atom. The molecule has 1 saturated heterocycles. The first-order valence-corrected chi connectivity index (χ1v) is 8.25. The first kappa shape index (κ1) is 15.4. The summed E-state index contributed by atoms with van der Waals surface area (Å²) in [6, 6.07) is 15.5. The predicted octanol–water partition coefficient (Wildman–Crippen LogP) is 2.32. The van der Waals surface area contributed by atoms with Crippen LogP contribution in [0.15, 0.2) is 60.9 Å². The molecule has 1 aliphatic rings. The molecule has 1 fully saturated rings. The molecule has 6 heteroatoms. The van der Waals surface area contributed by atoms with E-state index in [0.717, 1.165) is 11.1 Å². The van der Waals surface area contributed by atoms with Crippen molar-refractivity contribution >= 4 is 23.3 Å². The van der Waals surface area contributed by atoms with Crippen molar-refractivity contribution in [2.75, 3.05) is 11.9 Å². The summed E-state index contributed by atoms with van der Waals surface area (Å²) in [6.07, 6.45) is 3.79. The molecule has 3 aromatic rings. The van der Waals surface area contributed by atoms with E-state index in [1.165, 1.54) is 0 Å². The van der Waals surface area contributed by atoms with Crippen molar-refractivity contribution in [2.24, 2.45) is 5.92 Å². The van der Waals surface area contributed by atoms with Gasteiger partial charge in [0.05, 0.1) is 17.6 Å². The van der Waals surface area contributed by atoms with Gasteiger partial charge in [-0.3, -0.25) is 19.3 Å². The summed E-state index contributed by atoms with van der Waals surface area (Å²) < 4.78 is 1.82. The fourth-order valence-corrected chi connectivity index (χ4v) is 3.15. The third-order valence-electron chi connectivity index (χ3n) is 4.48. The molecule has 0 bridgehead atoms. The van der Waals surface area contributed by atoms with Crippen molar-refractivity contribution in [3.63, 3.8) is 0 Å². The molecule has 2 amide bonds. The zero-order chi connectivity index (χ0) is 17.2. The molecule has 0 radical (unpaired) electrons. The molecular weight excluding hydrogens is 316 g/mol. The lowest BCUT2D eigenvalue weighted by Crippen LogP contribution is -2.28. The highest BCUT2D eigenvalue weighted by atomic mass is 16.2. The third-order valence-corrected chi connectivity index (χ3v) is 4.48. The molecule has 6 nitrogen and oxygen atoms in total. The van der Waals surface area contributed by atoms with Gasteiger partial charge in [0.1, 0.15) is 0 Å². The number of benzene rings is 1. The predicted molar refractivity (Wildman–Crippen MR) is 93.8 cm³/mol. The van der Waals surface area contributed by atoms with E-state index in [2.05, 4.69) is 10.3 Å². The van der Waals surface area contributed by atoms with Gasteiger partial charge in [-0.05, 0) is 17.7 Å². The van der Waals surface area contributed by atoms with Crippen molar-refractivity contribution < 1.29 is 9.59 Å². The van der Waals surface area contributed by atoms with Crippen LogP contribution >= 0.6 is 0 Å². The minimum atomic E-state index is -0.354. The van der Waals surface area contributed by atoms with Gasteiger partial charge >= 0.3 is 0 Å². The van der Waals surface area contributed by atoms with Crippen LogP contribution in [0.1, 0.15) is 12.0 Å². The van der Waals surface area contributed by atoms with Crippen LogP contribution < -0.4 is 5.32 Å². The number of nitrogens with zero attached hydrogens (tertiary/aromatic N) is 3. The minimum absolute atomic E-state index is 0.0111. The monoisotopic (exact) mass is 334 g/mol. The molecule has 126 valence electrons. The summed E-state index contributed by atoms with van der Waals surface area (Å²) in [6.45, 7) is 0.971. The van der Waals surface area contributed by atoms with Crippen molar-refractivity contribution in [3.8, 4) is 0 Å². The molecule has 1 atom stereocenters. The van der Waals surface area contributed by atoms with Crippen LogP contribution in [0.4, 0.5) is 5.95 Å². The van der Waals surface area contributed by atoms with Gasteiger partial charge in [0.2, 0.25) is 17.8 Å². The number of hydrogen-bond acceptors (Lipinski definition) is 3. The Labute approximate surface area is 145 Å². The van der Waals surface area contributed by atoms with Crippen LogP contribution in [0.3, 0.4) is 0 Å². The molecule has 2 aromatic heterocycles. The summed E-state index contributed by atoms with van der Waals surface area (Å²) in [5.41, 5.74) is 1.97. The number of pyridine rings is 1. The van der Waals surface area contributed by atoms with E-state index in [-0.39, 0.29) is 24.2 Å². The number of imidazole rings is 1. The summed E-state index contributed by atoms with van der Waals surface area (Å²) >= 11 is 0. The topological polar surface area (TPSA) is 66.7 Å². The lowest BCUT2D eigenvalue weighted by Gasteiger charge is -2.16. The maximum Gasteiger partial charge on any atom is 0.232 e. The van der Waals surface area contributed by atoms with Crippen LogP contribution in [-0.2, 0) is 16.1 Å². The molecule has 3 heterocycles. The average Bonchev–Trinajstić information content (AvgIpc) is 3.20. The number of rotatable bonds is 4. The van der Waals surface area contributed by atoms with E-state index < -0.39 is 0 Å². The molecule has 0 saturated carbocycles. The molecule has 0 spiro atoms. The summed E-state index contributed by atoms with van der Waals surface area (Å²) in [5, 5.41) is 2.85. The van der Waals surface area contributed by atoms with Gasteiger partial charge in [-0.1, -0.05) is 36.4 Å². The van der Waals surface area contributed by atoms with Crippen LogP contribution in [-0.4, -0.2) is 32.6 Å². The molecule has 1 unspecified atom stereocenters. The second-order valence-corrected chi connectivity index (χ2v) is 6.23. The second-order valence-electron chi connectivity index (χ2n) is 6.23. The fourth-order valence-electron chi connectivity index (χ4n) is 3.15. The molecule has 0 aliphatic carbocycles. The van der Waals surface area contributed by atoms with Crippen LogP contribution in [0.5, 0.6) is 0 Å². The van der Waals surface area contributed by atoms with E-state index in [1.54, 1.807) is 11.1 Å². The quantitative estimate of drug-likeness (QED) is 0.796. The van der Waals surface area contributed by atoms with Gasteiger partial charge in [-0.25, -0.2) is 4.98 Å². The molecule has 4 rings (SSSR count). The van der Waals surface area contributed by atoms with Crippen LogP contribution in [0, 0.1) is 5.92 Å². The number of fused-ring (bicyclic) bond motifs is 1. The van der Waals surface area contributed by atoms with E-state index in [4.69, 9.17) is 0 Å². The Kier molecular flexibility index (Phi) is 3.93. The van der Waals surface area contributed by atoms with Crippen molar-refractivity contribution in [2.45, 2.75) is 13.0 Å². The smallest absolute Gasteiger partial charge is 0.232 e. The number of carbonyl (C=O) groups excluding carboxylic acids is 2. The molecule has 1 aliphatic heterocycles. The van der Waals surface area contributed by atoms with E-state index >= 15 is 0 Å². The first-order valence-electron chi connectivity index (χ1n) is 8.25. The third kappa shape index (κ3) is 3.10. The standard InChI is InChI=1S/C19H18N4O2/c24-17-10-15(13-22(17)12-14-6-2-1-3-7-14)18(25)21-19-20-11-16-8-4-5-9-23(16)19/h1-9,11,15H,10,12-13H2,(H,20,21,25). The van der Waals surface area contributed by atoms with Gasteiger partial charge in [0.25, 0.3) is 0 Å². The fraction of sp³-hybridized carbons (Fsp3) is 0.211. The lowest BCUT2D eigenvalue weighted by atomic mass is 10.1. The normalized spacial score (nSPS) is 17.2. The zero-order valence-corrected chi connectivity index (χ0v) is 13.6. The average molecular weight is 334 g/mol. The van der Waals surface area contributed by atoms with Gasteiger partial charge < -0.3 is 4.90 Å². The van der Waals surface area contributed by atoms with E-state index in [9.17, 15) is 9.59 Å². The molecule has 1 aromatic carbocycles. The number of amides is 2. The van der Waals surface area contributed by atoms with E-state index in [1.807, 2.05) is 59.1 Å². The Morgan fingerprint density at radius 1 is 1.16 bits per heavy atom. The van der Waals surface area contributed by atoms with Crippen LogP contribution in [0.2, 0.25) is 0 Å². The molecular formula is C19H18N4O2. The van der Waals surface area contributed by atoms with Gasteiger partial charge in [0, 0.05) is 25.7 Å². The van der Waals surface area contributed by atoms with E-state index in [0.29, 0.717) is 19.0 Å². The minimum Gasteiger partial charge on any atom is -0.338 e. The Bertz CT molecular complexity index is 919. The summed E-state index contributed by atoms with van der Waals surface area (Å²) in [7, 11) is 0. The number of likely N-dealkylation sites (tertiary alicyclic amines) is 1. The maximum absolute atomic E-state index is 12.6. The summed E-state index contributed by atoms with van der Waals surface area (Å²) in [4.78, 5) is 30.8. The first-order chi connectivity index (χ1) is 12.2. The van der Waals surface area contributed by atoms with Gasteiger partial charge in [-0.2, -0.15) is 0 Å². The van der Waals surface area contributed by atoms with Crippen LogP contribution in [0.25, 0.3) is 5.52 Å². The Hall–Kier alpha value is -3.15. The summed E-state index contributed by atoms with van der Waals surface area (Å²) in [5.74, 6) is -0.0286. The SMILES string of the molecule is O=C(Nc1ncc2ccccn12)C1CC(=O)N(Cc2ccccc2)C1. The second kappa shape index (κ2) is 6.39. The largest absolute Gasteiger partial charge is 0.338 e. The van der Waals surface area contributed by atoms with Crippen molar-refractivity contribution in [3.05, 3.63) is 66.5 Å². The number of nitrogens with one attached hydrogen (secondary N) is 1. The lowest BCUT2D eigenvalue weighted by molar-refractivity contribution is -0.128. The zero-order valence-electron chi connectivity index (χ0n) is 13.6. The number of aromatic nitrogens is 2. The number of anilines is 1. The molecule has 1 N–H and O–H groups in total. The maximum atomic E-state index is 12.6. The van der Waals surface area contributed by atoms with Gasteiger partial charge in [-0.15, -0.1) is 0 Å². The highest BCUT2D eigenvalue weighted by molar-refractivity contribution is 5.96. The highest BCUT2D eigenvalue weighted by Crippen LogP contribution is 2.22. The molecule has 25 heavy (non-hydrogen) atoms. The Balaban J connectivity index is 1.44. The van der Waals surface area contributed by atoms with Crippen molar-refractivity contribution in [1.82, 2.24) is 14.3 Å². The Morgan fingerprint density at radius 3 is 2.80 bits per heavy atom.